The van der Waals surface area contributed by atoms with E-state index in [1.54, 1.807) is 11.3 Å². The van der Waals surface area contributed by atoms with Crippen molar-refractivity contribution in [3.05, 3.63) is 16.1 Å². The number of piperidine rings is 1. The molecule has 1 aromatic rings. The molecule has 0 aromatic carbocycles. The molecule has 5 nitrogen and oxygen atoms in total. The molecule has 0 bridgehead atoms. The summed E-state index contributed by atoms with van der Waals surface area (Å²) in [5.41, 5.74) is 6.55. The van der Waals surface area contributed by atoms with Crippen LogP contribution in [-0.4, -0.2) is 42.0 Å². The van der Waals surface area contributed by atoms with Crippen molar-refractivity contribution in [2.45, 2.75) is 32.7 Å². The molecule has 3 N–H and O–H groups in total. The third-order valence-electron chi connectivity index (χ3n) is 3.61. The average Bonchev–Trinajstić information content (AvgIpc) is 2.92. The van der Waals surface area contributed by atoms with E-state index >= 15 is 0 Å². The van der Waals surface area contributed by atoms with E-state index in [-0.39, 0.29) is 24.2 Å². The highest BCUT2D eigenvalue weighted by Gasteiger charge is 2.25. The Morgan fingerprint density at radius 1 is 1.62 bits per heavy atom. The van der Waals surface area contributed by atoms with Gasteiger partial charge in [0, 0.05) is 31.6 Å². The molecule has 120 valence electrons. The van der Waals surface area contributed by atoms with Gasteiger partial charge in [-0.3, -0.25) is 9.69 Å². The Kier molecular flexibility index (Phi) is 8.18. The van der Waals surface area contributed by atoms with Crippen LogP contribution >= 0.6 is 23.7 Å². The fourth-order valence-corrected chi connectivity index (χ4v) is 3.30. The van der Waals surface area contributed by atoms with Crippen molar-refractivity contribution in [2.24, 2.45) is 11.7 Å². The van der Waals surface area contributed by atoms with Gasteiger partial charge in [0.05, 0.1) is 16.6 Å². The van der Waals surface area contributed by atoms with Crippen molar-refractivity contribution in [3.63, 3.8) is 0 Å². The van der Waals surface area contributed by atoms with Crippen molar-refractivity contribution in [3.8, 4) is 0 Å². The number of hydrogen-bond acceptors (Lipinski definition) is 5. The maximum atomic E-state index is 12.0. The number of amides is 1. The van der Waals surface area contributed by atoms with Gasteiger partial charge in [0.25, 0.3) is 0 Å². The third-order valence-corrected chi connectivity index (χ3v) is 4.65. The number of carbonyl (C=O) groups excluding carboxylic acids is 1. The number of aromatic nitrogens is 1. The summed E-state index contributed by atoms with van der Waals surface area (Å²) < 4.78 is 0. The Labute approximate surface area is 136 Å². The molecule has 1 atom stereocenters. The normalized spacial score (nSPS) is 19.0. The highest BCUT2D eigenvalue weighted by atomic mass is 35.5. The lowest BCUT2D eigenvalue weighted by Crippen LogP contribution is -2.43. The summed E-state index contributed by atoms with van der Waals surface area (Å²) in [6.07, 6.45) is 3.05. The van der Waals surface area contributed by atoms with Crippen LogP contribution in [0.2, 0.25) is 0 Å². The maximum absolute atomic E-state index is 12.0. The number of nitrogens with zero attached hydrogens (tertiary/aromatic N) is 2. The SMILES string of the molecule is CCc1nc(CN2CCCC(C(=O)NCCN)C2)cs1.Cl. The number of likely N-dealkylation sites (tertiary alicyclic amines) is 1. The number of nitrogens with two attached hydrogens (primary N) is 1. The van der Waals surface area contributed by atoms with Gasteiger partial charge in [0.2, 0.25) is 5.91 Å². The van der Waals surface area contributed by atoms with Crippen molar-refractivity contribution < 1.29 is 4.79 Å². The van der Waals surface area contributed by atoms with E-state index in [9.17, 15) is 4.79 Å². The molecule has 1 saturated heterocycles. The molecule has 1 aliphatic heterocycles. The van der Waals surface area contributed by atoms with Crippen LogP contribution in [0, 0.1) is 5.92 Å². The summed E-state index contributed by atoms with van der Waals surface area (Å²) in [6.45, 7) is 5.94. The smallest absolute Gasteiger partial charge is 0.224 e. The van der Waals surface area contributed by atoms with Crippen LogP contribution in [0.1, 0.15) is 30.5 Å². The Bertz CT molecular complexity index is 440. The lowest BCUT2D eigenvalue weighted by Gasteiger charge is -2.31. The van der Waals surface area contributed by atoms with E-state index in [1.165, 1.54) is 5.01 Å². The Morgan fingerprint density at radius 2 is 2.43 bits per heavy atom. The molecular formula is C14H25ClN4OS. The lowest BCUT2D eigenvalue weighted by atomic mass is 9.97. The van der Waals surface area contributed by atoms with Gasteiger partial charge in [0.15, 0.2) is 0 Å². The topological polar surface area (TPSA) is 71.2 Å². The molecule has 1 unspecified atom stereocenters. The summed E-state index contributed by atoms with van der Waals surface area (Å²) in [7, 11) is 0. The first-order valence-corrected chi connectivity index (χ1v) is 8.24. The van der Waals surface area contributed by atoms with Gasteiger partial charge < -0.3 is 11.1 Å². The molecule has 0 radical (unpaired) electrons. The van der Waals surface area contributed by atoms with Gasteiger partial charge in [0.1, 0.15) is 0 Å². The third kappa shape index (κ3) is 5.54. The maximum Gasteiger partial charge on any atom is 0.224 e. The summed E-state index contributed by atoms with van der Waals surface area (Å²) >= 11 is 1.73. The van der Waals surface area contributed by atoms with E-state index in [4.69, 9.17) is 5.73 Å². The first-order valence-electron chi connectivity index (χ1n) is 7.36. The molecule has 1 aliphatic rings. The summed E-state index contributed by atoms with van der Waals surface area (Å²) in [5, 5.41) is 6.22. The fourth-order valence-electron chi connectivity index (χ4n) is 2.57. The predicted molar refractivity (Wildman–Crippen MR) is 88.8 cm³/mol. The predicted octanol–water partition coefficient (Wildman–Crippen LogP) is 1.41. The first kappa shape index (κ1) is 18.4. The minimum Gasteiger partial charge on any atom is -0.355 e. The molecule has 1 fully saturated rings. The van der Waals surface area contributed by atoms with Gasteiger partial charge in [-0.25, -0.2) is 4.98 Å². The number of aryl methyl sites for hydroxylation is 1. The van der Waals surface area contributed by atoms with Crippen LogP contribution in [0.5, 0.6) is 0 Å². The van der Waals surface area contributed by atoms with Crippen molar-refractivity contribution in [1.82, 2.24) is 15.2 Å². The average molecular weight is 333 g/mol. The van der Waals surface area contributed by atoms with E-state index in [0.717, 1.165) is 44.6 Å². The second-order valence-corrected chi connectivity index (χ2v) is 6.18. The molecule has 21 heavy (non-hydrogen) atoms. The number of halogens is 1. The van der Waals surface area contributed by atoms with Gasteiger partial charge in [-0.1, -0.05) is 6.92 Å². The second kappa shape index (κ2) is 9.35. The quantitative estimate of drug-likeness (QED) is 0.826. The van der Waals surface area contributed by atoms with E-state index in [2.05, 4.69) is 27.5 Å². The molecule has 1 amide bonds. The summed E-state index contributed by atoms with van der Waals surface area (Å²) in [5.74, 6) is 0.243. The zero-order valence-electron chi connectivity index (χ0n) is 12.5. The molecule has 0 aliphatic carbocycles. The number of carbonyl (C=O) groups is 1. The van der Waals surface area contributed by atoms with Gasteiger partial charge in [-0.2, -0.15) is 0 Å². The highest BCUT2D eigenvalue weighted by molar-refractivity contribution is 7.09. The largest absolute Gasteiger partial charge is 0.355 e. The van der Waals surface area contributed by atoms with Crippen LogP contribution in [0.4, 0.5) is 0 Å². The molecule has 0 saturated carbocycles. The van der Waals surface area contributed by atoms with Crippen LogP contribution in [0.25, 0.3) is 0 Å². The number of rotatable bonds is 6. The Hall–Kier alpha value is -0.690. The highest BCUT2D eigenvalue weighted by Crippen LogP contribution is 2.19. The molecule has 2 rings (SSSR count). The zero-order chi connectivity index (χ0) is 14.4. The number of thiazole rings is 1. The fraction of sp³-hybridized carbons (Fsp3) is 0.714. The molecule has 2 heterocycles. The molecule has 1 aromatic heterocycles. The van der Waals surface area contributed by atoms with Gasteiger partial charge >= 0.3 is 0 Å². The monoisotopic (exact) mass is 332 g/mol. The van der Waals surface area contributed by atoms with Crippen LogP contribution in [-0.2, 0) is 17.8 Å². The lowest BCUT2D eigenvalue weighted by molar-refractivity contribution is -0.126. The summed E-state index contributed by atoms with van der Waals surface area (Å²) in [4.78, 5) is 18.9. The number of hydrogen-bond donors (Lipinski definition) is 2. The molecule has 0 spiro atoms. The molecule has 7 heteroatoms. The second-order valence-electron chi connectivity index (χ2n) is 5.24. The van der Waals surface area contributed by atoms with E-state index in [1.807, 2.05) is 0 Å². The number of nitrogens with one attached hydrogen (secondary N) is 1. The van der Waals surface area contributed by atoms with Gasteiger partial charge in [-0.15, -0.1) is 23.7 Å². The minimum atomic E-state index is 0. The van der Waals surface area contributed by atoms with Gasteiger partial charge in [-0.05, 0) is 25.8 Å². The standard InChI is InChI=1S/C14H24N4OS.ClH/c1-2-13-17-12(10-20-13)9-18-7-3-4-11(8-18)14(19)16-6-5-15;/h10-11H,2-9,15H2,1H3,(H,16,19);1H. The molecular weight excluding hydrogens is 308 g/mol. The van der Waals surface area contributed by atoms with Crippen LogP contribution in [0.15, 0.2) is 5.38 Å². The Balaban J connectivity index is 0.00000220. The van der Waals surface area contributed by atoms with Crippen LogP contribution < -0.4 is 11.1 Å². The van der Waals surface area contributed by atoms with E-state index in [0.29, 0.717) is 13.1 Å². The zero-order valence-corrected chi connectivity index (χ0v) is 14.1. The van der Waals surface area contributed by atoms with Crippen molar-refractivity contribution in [1.29, 1.82) is 0 Å². The van der Waals surface area contributed by atoms with Crippen LogP contribution in [0.3, 0.4) is 0 Å². The van der Waals surface area contributed by atoms with Crippen molar-refractivity contribution >= 4 is 29.7 Å². The Morgan fingerprint density at radius 3 is 3.10 bits per heavy atom. The van der Waals surface area contributed by atoms with Crippen molar-refractivity contribution in [2.75, 3.05) is 26.2 Å². The minimum absolute atomic E-state index is 0. The first-order chi connectivity index (χ1) is 9.72. The van der Waals surface area contributed by atoms with E-state index < -0.39 is 0 Å². The summed E-state index contributed by atoms with van der Waals surface area (Å²) in [6, 6.07) is 0.